The zero-order valence-corrected chi connectivity index (χ0v) is 12.0. The van der Waals surface area contributed by atoms with E-state index in [0.29, 0.717) is 24.3 Å². The third kappa shape index (κ3) is 3.08. The molecule has 20 heavy (non-hydrogen) atoms. The zero-order chi connectivity index (χ0) is 14.9. The van der Waals surface area contributed by atoms with Gasteiger partial charge < -0.3 is 14.7 Å². The molecular weight excluding hydrogens is 260 g/mol. The Hall–Kier alpha value is -1.66. The van der Waals surface area contributed by atoms with Gasteiger partial charge in [0, 0.05) is 19.2 Å². The molecule has 1 fully saturated rings. The third-order valence-electron chi connectivity index (χ3n) is 3.33. The maximum absolute atomic E-state index is 11.2. The number of benzene rings is 1. The Morgan fingerprint density at radius 1 is 1.55 bits per heavy atom. The van der Waals surface area contributed by atoms with Crippen LogP contribution in [0.4, 0.5) is 11.4 Å². The van der Waals surface area contributed by atoms with E-state index < -0.39 is 4.92 Å². The number of rotatable bonds is 3. The number of nitro benzene ring substituents is 1. The van der Waals surface area contributed by atoms with Crippen LogP contribution in [0, 0.1) is 10.1 Å². The van der Waals surface area contributed by atoms with Crippen molar-refractivity contribution in [3.63, 3.8) is 0 Å². The summed E-state index contributed by atoms with van der Waals surface area (Å²) in [4.78, 5) is 12.8. The number of nitrogens with zero attached hydrogens (tertiary/aromatic N) is 2. The molecule has 1 aliphatic heterocycles. The van der Waals surface area contributed by atoms with Gasteiger partial charge in [0.2, 0.25) is 0 Å². The molecule has 1 aromatic carbocycles. The summed E-state index contributed by atoms with van der Waals surface area (Å²) < 4.78 is 5.82. The van der Waals surface area contributed by atoms with Crippen molar-refractivity contribution >= 4 is 11.4 Å². The van der Waals surface area contributed by atoms with E-state index in [1.165, 1.54) is 6.07 Å². The summed E-state index contributed by atoms with van der Waals surface area (Å²) in [6.45, 7) is 6.92. The lowest BCUT2D eigenvalue weighted by molar-refractivity contribution is -0.384. The molecule has 110 valence electrons. The SMILES string of the molecule is CC1CN(c2ccc(CO)cc2[N+](=O)[O-])CC(C)(C)O1. The summed E-state index contributed by atoms with van der Waals surface area (Å²) in [7, 11) is 0. The summed E-state index contributed by atoms with van der Waals surface area (Å²) in [5, 5.41) is 20.4. The molecule has 6 nitrogen and oxygen atoms in total. The standard InChI is InChI=1S/C14H20N2O4/c1-10-7-15(9-14(2,3)20-10)12-5-4-11(8-17)6-13(12)16(18)19/h4-6,10,17H,7-9H2,1-3H3. The van der Waals surface area contributed by atoms with E-state index in [1.54, 1.807) is 12.1 Å². The van der Waals surface area contributed by atoms with Crippen molar-refractivity contribution in [1.29, 1.82) is 0 Å². The Kier molecular flexibility index (Phi) is 3.96. The van der Waals surface area contributed by atoms with Gasteiger partial charge >= 0.3 is 0 Å². The van der Waals surface area contributed by atoms with E-state index in [2.05, 4.69) is 0 Å². The molecule has 6 heteroatoms. The van der Waals surface area contributed by atoms with Gasteiger partial charge in [0.05, 0.1) is 23.2 Å². The Labute approximate surface area is 118 Å². The van der Waals surface area contributed by atoms with Crippen LogP contribution in [-0.2, 0) is 11.3 Å². The van der Waals surface area contributed by atoms with Crippen LogP contribution in [0.3, 0.4) is 0 Å². The number of morpholine rings is 1. The van der Waals surface area contributed by atoms with Gasteiger partial charge in [-0.05, 0) is 32.4 Å². The van der Waals surface area contributed by atoms with E-state index in [0.717, 1.165) is 0 Å². The van der Waals surface area contributed by atoms with E-state index >= 15 is 0 Å². The van der Waals surface area contributed by atoms with Crippen LogP contribution in [0.15, 0.2) is 18.2 Å². The summed E-state index contributed by atoms with van der Waals surface area (Å²) >= 11 is 0. The molecule has 1 saturated heterocycles. The number of anilines is 1. The van der Waals surface area contributed by atoms with Gasteiger partial charge in [0.25, 0.3) is 5.69 Å². The molecule has 0 aliphatic carbocycles. The molecular formula is C14H20N2O4. The number of aliphatic hydroxyl groups is 1. The average molecular weight is 280 g/mol. The van der Waals surface area contributed by atoms with Gasteiger partial charge in [-0.15, -0.1) is 0 Å². The highest BCUT2D eigenvalue weighted by Crippen LogP contribution is 2.33. The van der Waals surface area contributed by atoms with Gasteiger partial charge in [-0.1, -0.05) is 6.07 Å². The van der Waals surface area contributed by atoms with Crippen LogP contribution in [0.1, 0.15) is 26.3 Å². The number of nitro groups is 1. The highest BCUT2D eigenvalue weighted by atomic mass is 16.6. The van der Waals surface area contributed by atoms with Crippen LogP contribution in [0.2, 0.25) is 0 Å². The van der Waals surface area contributed by atoms with Crippen LogP contribution < -0.4 is 4.90 Å². The topological polar surface area (TPSA) is 75.8 Å². The van der Waals surface area contributed by atoms with Crippen LogP contribution in [0.5, 0.6) is 0 Å². The highest BCUT2D eigenvalue weighted by Gasteiger charge is 2.34. The van der Waals surface area contributed by atoms with Crippen LogP contribution in [-0.4, -0.2) is 34.8 Å². The Balaban J connectivity index is 2.38. The Morgan fingerprint density at radius 2 is 2.25 bits per heavy atom. The fourth-order valence-corrected chi connectivity index (χ4v) is 2.72. The molecule has 1 N–H and O–H groups in total. The van der Waals surface area contributed by atoms with E-state index in [9.17, 15) is 10.1 Å². The van der Waals surface area contributed by atoms with Crippen LogP contribution in [0.25, 0.3) is 0 Å². The third-order valence-corrected chi connectivity index (χ3v) is 3.33. The molecule has 1 aliphatic rings. The minimum Gasteiger partial charge on any atom is -0.392 e. The molecule has 1 heterocycles. The monoisotopic (exact) mass is 280 g/mol. The van der Waals surface area contributed by atoms with Crippen molar-refractivity contribution < 1.29 is 14.8 Å². The highest BCUT2D eigenvalue weighted by molar-refractivity contribution is 5.64. The van der Waals surface area contributed by atoms with Gasteiger partial charge in [-0.25, -0.2) is 0 Å². The van der Waals surface area contributed by atoms with E-state index in [4.69, 9.17) is 9.84 Å². The average Bonchev–Trinajstić information content (AvgIpc) is 2.35. The summed E-state index contributed by atoms with van der Waals surface area (Å²) in [6.07, 6.45) is 0.0101. The first-order valence-electron chi connectivity index (χ1n) is 6.63. The van der Waals surface area contributed by atoms with Crippen molar-refractivity contribution in [2.24, 2.45) is 0 Å². The molecule has 0 bridgehead atoms. The molecule has 1 aromatic rings. The lowest BCUT2D eigenvalue weighted by Gasteiger charge is -2.42. The maximum Gasteiger partial charge on any atom is 0.292 e. The summed E-state index contributed by atoms with van der Waals surface area (Å²) in [5.74, 6) is 0. The molecule has 0 radical (unpaired) electrons. The second-order valence-electron chi connectivity index (χ2n) is 5.81. The lowest BCUT2D eigenvalue weighted by Crippen LogP contribution is -2.52. The predicted octanol–water partition coefficient (Wildman–Crippen LogP) is 2.09. The molecule has 2 rings (SSSR count). The Morgan fingerprint density at radius 3 is 2.80 bits per heavy atom. The number of hydrogen-bond donors (Lipinski definition) is 1. The predicted molar refractivity (Wildman–Crippen MR) is 75.9 cm³/mol. The van der Waals surface area contributed by atoms with Gasteiger partial charge in [-0.3, -0.25) is 10.1 Å². The van der Waals surface area contributed by atoms with Gasteiger partial charge in [0.15, 0.2) is 0 Å². The van der Waals surface area contributed by atoms with E-state index in [1.807, 2.05) is 25.7 Å². The maximum atomic E-state index is 11.2. The van der Waals surface area contributed by atoms with Crippen molar-refractivity contribution in [2.45, 2.75) is 39.1 Å². The first kappa shape index (κ1) is 14.7. The molecule has 0 spiro atoms. The van der Waals surface area contributed by atoms with E-state index in [-0.39, 0.29) is 24.0 Å². The second kappa shape index (κ2) is 5.38. The molecule has 0 aromatic heterocycles. The molecule has 0 saturated carbocycles. The van der Waals surface area contributed by atoms with Gasteiger partial charge in [-0.2, -0.15) is 0 Å². The van der Waals surface area contributed by atoms with Crippen molar-refractivity contribution in [1.82, 2.24) is 0 Å². The summed E-state index contributed by atoms with van der Waals surface area (Å²) in [5.41, 5.74) is 0.805. The molecule has 0 amide bonds. The largest absolute Gasteiger partial charge is 0.392 e. The lowest BCUT2D eigenvalue weighted by atomic mass is 10.0. The smallest absolute Gasteiger partial charge is 0.292 e. The second-order valence-corrected chi connectivity index (χ2v) is 5.81. The van der Waals surface area contributed by atoms with Crippen molar-refractivity contribution in [2.75, 3.05) is 18.0 Å². The minimum absolute atomic E-state index is 0.0101. The fourth-order valence-electron chi connectivity index (χ4n) is 2.72. The fraction of sp³-hybridized carbons (Fsp3) is 0.571. The van der Waals surface area contributed by atoms with Crippen molar-refractivity contribution in [3.8, 4) is 0 Å². The Bertz CT molecular complexity index is 516. The first-order valence-corrected chi connectivity index (χ1v) is 6.63. The van der Waals surface area contributed by atoms with Gasteiger partial charge in [0.1, 0.15) is 5.69 Å². The molecule has 1 unspecified atom stereocenters. The number of aliphatic hydroxyl groups excluding tert-OH is 1. The first-order chi connectivity index (χ1) is 9.32. The zero-order valence-electron chi connectivity index (χ0n) is 12.0. The molecule has 1 atom stereocenters. The van der Waals surface area contributed by atoms with Crippen molar-refractivity contribution in [3.05, 3.63) is 33.9 Å². The quantitative estimate of drug-likeness (QED) is 0.677. The number of hydrogen-bond acceptors (Lipinski definition) is 5. The normalized spacial score (nSPS) is 21.8. The minimum atomic E-state index is -0.401. The number of ether oxygens (including phenoxy) is 1. The summed E-state index contributed by atoms with van der Waals surface area (Å²) in [6, 6.07) is 4.86. The van der Waals surface area contributed by atoms with Crippen LogP contribution >= 0.6 is 0 Å².